The lowest BCUT2D eigenvalue weighted by Gasteiger charge is -2.58. The zero-order chi connectivity index (χ0) is 26.6. The summed E-state index contributed by atoms with van der Waals surface area (Å²) in [6.45, 7) is 11.3. The van der Waals surface area contributed by atoms with Crippen molar-refractivity contribution < 1.29 is 19.4 Å². The van der Waals surface area contributed by atoms with Crippen molar-refractivity contribution in [1.29, 1.82) is 0 Å². The molecule has 0 aliphatic heterocycles. The lowest BCUT2D eigenvalue weighted by Crippen LogP contribution is -2.51. The van der Waals surface area contributed by atoms with Crippen molar-refractivity contribution in [2.24, 2.45) is 40.4 Å². The molecule has 0 aromatic heterocycles. The van der Waals surface area contributed by atoms with E-state index < -0.39 is 5.97 Å². The summed E-state index contributed by atoms with van der Waals surface area (Å²) >= 11 is 0. The number of unbranched alkanes of at least 4 members (excludes halogenated alkanes) is 2. The van der Waals surface area contributed by atoms with Gasteiger partial charge in [-0.05, 0) is 124 Å². The molecule has 0 unspecified atom stereocenters. The van der Waals surface area contributed by atoms with Crippen molar-refractivity contribution >= 4 is 11.9 Å². The van der Waals surface area contributed by atoms with Crippen molar-refractivity contribution in [2.75, 3.05) is 13.1 Å². The Morgan fingerprint density at radius 3 is 2.59 bits per heavy atom. The standard InChI is InChI=1S/C32H53NO4/c1-22(9-8-20-33-19-7-5-6-10-30(35)36)27-13-14-28-26-12-11-24-21-25(37-23(2)34)15-17-31(24,3)29(26)16-18-32(27,28)4/h11,22,25-29,33H,5-10,12-21H2,1-4H3,(H,35,36)/t22-,25+,26+,27-,28+,29+,31+,32-/m1/s1. The summed E-state index contributed by atoms with van der Waals surface area (Å²) in [5, 5.41) is 12.3. The van der Waals surface area contributed by atoms with Crippen LogP contribution in [-0.2, 0) is 14.3 Å². The van der Waals surface area contributed by atoms with Gasteiger partial charge in [0.25, 0.3) is 0 Å². The fourth-order valence-corrected chi connectivity index (χ4v) is 9.52. The highest BCUT2D eigenvalue weighted by Gasteiger charge is 2.59. The fraction of sp³-hybridized carbons (Fsp3) is 0.875. The van der Waals surface area contributed by atoms with Gasteiger partial charge in [-0.25, -0.2) is 0 Å². The van der Waals surface area contributed by atoms with Crippen LogP contribution >= 0.6 is 0 Å². The Balaban J connectivity index is 1.26. The van der Waals surface area contributed by atoms with Gasteiger partial charge in [-0.3, -0.25) is 9.59 Å². The quantitative estimate of drug-likeness (QED) is 0.164. The van der Waals surface area contributed by atoms with Gasteiger partial charge in [-0.2, -0.15) is 0 Å². The Bertz CT molecular complexity index is 839. The van der Waals surface area contributed by atoms with Crippen molar-refractivity contribution in [3.63, 3.8) is 0 Å². The highest BCUT2D eigenvalue weighted by molar-refractivity contribution is 5.66. The molecule has 3 fully saturated rings. The molecule has 5 nitrogen and oxygen atoms in total. The van der Waals surface area contributed by atoms with Gasteiger partial charge >= 0.3 is 11.9 Å². The second-order valence-corrected chi connectivity index (χ2v) is 13.5. The lowest BCUT2D eigenvalue weighted by molar-refractivity contribution is -0.148. The van der Waals surface area contributed by atoms with E-state index >= 15 is 0 Å². The maximum atomic E-state index is 11.5. The lowest BCUT2D eigenvalue weighted by atomic mass is 9.47. The molecule has 2 N–H and O–H groups in total. The molecule has 0 saturated heterocycles. The summed E-state index contributed by atoms with van der Waals surface area (Å²) in [7, 11) is 0. The highest BCUT2D eigenvalue weighted by atomic mass is 16.5. The third-order valence-corrected chi connectivity index (χ3v) is 11.4. The van der Waals surface area contributed by atoms with E-state index in [4.69, 9.17) is 9.84 Å². The third-order valence-electron chi connectivity index (χ3n) is 11.4. The summed E-state index contributed by atoms with van der Waals surface area (Å²) in [4.78, 5) is 22.1. The summed E-state index contributed by atoms with van der Waals surface area (Å²) in [5.74, 6) is 3.33. The first-order valence-electron chi connectivity index (χ1n) is 15.4. The smallest absolute Gasteiger partial charge is 0.303 e. The number of carboxylic acid groups (broad SMARTS) is 1. The molecule has 5 heteroatoms. The van der Waals surface area contributed by atoms with Crippen molar-refractivity contribution in [3.05, 3.63) is 11.6 Å². The Labute approximate surface area is 225 Å². The van der Waals surface area contributed by atoms with E-state index in [2.05, 4.69) is 32.2 Å². The van der Waals surface area contributed by atoms with E-state index in [9.17, 15) is 9.59 Å². The number of aliphatic carboxylic acids is 1. The van der Waals surface area contributed by atoms with Crippen LogP contribution in [0, 0.1) is 40.4 Å². The number of rotatable bonds is 12. The first-order valence-corrected chi connectivity index (χ1v) is 15.4. The molecule has 0 aromatic rings. The van der Waals surface area contributed by atoms with Gasteiger partial charge in [-0.15, -0.1) is 0 Å². The zero-order valence-electron chi connectivity index (χ0n) is 24.0. The predicted molar refractivity (Wildman–Crippen MR) is 148 cm³/mol. The number of hydrogen-bond donors (Lipinski definition) is 2. The molecule has 4 aliphatic rings. The zero-order valence-corrected chi connectivity index (χ0v) is 24.0. The number of ether oxygens (including phenoxy) is 1. The molecule has 0 amide bonds. The SMILES string of the molecule is CC(=O)O[C@H]1CC[C@@]2(C)C(=CC[C@H]3[C@@H]4CC[C@H]([C@H](C)CCCNCCCCCC(=O)O)[C@@]4(C)CC[C@@H]32)C1. The Kier molecular flexibility index (Phi) is 9.46. The minimum Gasteiger partial charge on any atom is -0.481 e. The Morgan fingerprint density at radius 1 is 1.05 bits per heavy atom. The molecule has 0 spiro atoms. The molecule has 8 atom stereocenters. The maximum absolute atomic E-state index is 11.5. The van der Waals surface area contributed by atoms with Gasteiger partial charge in [-0.1, -0.05) is 38.8 Å². The largest absolute Gasteiger partial charge is 0.481 e. The molecule has 4 rings (SSSR count). The van der Waals surface area contributed by atoms with Crippen LogP contribution in [-0.4, -0.2) is 36.2 Å². The van der Waals surface area contributed by atoms with E-state index in [-0.39, 0.29) is 12.1 Å². The second-order valence-electron chi connectivity index (χ2n) is 13.5. The van der Waals surface area contributed by atoms with Crippen LogP contribution in [0.5, 0.6) is 0 Å². The van der Waals surface area contributed by atoms with E-state index in [1.54, 1.807) is 12.5 Å². The fourth-order valence-electron chi connectivity index (χ4n) is 9.52. The predicted octanol–water partition coefficient (Wildman–Crippen LogP) is 7.15. The molecule has 210 valence electrons. The summed E-state index contributed by atoms with van der Waals surface area (Å²) in [6, 6.07) is 0. The topological polar surface area (TPSA) is 75.6 Å². The number of hydrogen-bond acceptors (Lipinski definition) is 4. The molecule has 0 bridgehead atoms. The molecule has 0 aromatic carbocycles. The molecular weight excluding hydrogens is 462 g/mol. The minimum absolute atomic E-state index is 0.0883. The van der Waals surface area contributed by atoms with Crippen LogP contribution in [0.2, 0.25) is 0 Å². The van der Waals surface area contributed by atoms with Crippen molar-refractivity contribution in [3.8, 4) is 0 Å². The van der Waals surface area contributed by atoms with Crippen LogP contribution in [0.25, 0.3) is 0 Å². The number of fused-ring (bicyclic) bond motifs is 5. The molecular formula is C32H53NO4. The van der Waals surface area contributed by atoms with Crippen LogP contribution in [0.3, 0.4) is 0 Å². The van der Waals surface area contributed by atoms with Gasteiger partial charge in [0.05, 0.1) is 0 Å². The van der Waals surface area contributed by atoms with Crippen LogP contribution < -0.4 is 5.32 Å². The highest BCUT2D eigenvalue weighted by Crippen LogP contribution is 2.67. The molecule has 0 radical (unpaired) electrons. The molecule has 4 aliphatic carbocycles. The van der Waals surface area contributed by atoms with E-state index in [1.165, 1.54) is 51.4 Å². The Morgan fingerprint density at radius 2 is 1.84 bits per heavy atom. The molecule has 0 heterocycles. The molecule has 37 heavy (non-hydrogen) atoms. The number of nitrogens with one attached hydrogen (secondary N) is 1. The van der Waals surface area contributed by atoms with Crippen LogP contribution in [0.4, 0.5) is 0 Å². The summed E-state index contributed by atoms with van der Waals surface area (Å²) < 4.78 is 5.62. The van der Waals surface area contributed by atoms with Crippen LogP contribution in [0.1, 0.15) is 118 Å². The molecule has 3 saturated carbocycles. The van der Waals surface area contributed by atoms with E-state index in [0.717, 1.165) is 74.8 Å². The third kappa shape index (κ3) is 6.28. The van der Waals surface area contributed by atoms with Crippen molar-refractivity contribution in [1.82, 2.24) is 5.32 Å². The normalized spacial score (nSPS) is 37.6. The van der Waals surface area contributed by atoms with E-state index in [1.807, 2.05) is 0 Å². The van der Waals surface area contributed by atoms with Crippen LogP contribution in [0.15, 0.2) is 11.6 Å². The number of esters is 1. The average Bonchev–Trinajstić information content (AvgIpc) is 3.20. The Hall–Kier alpha value is -1.36. The van der Waals surface area contributed by atoms with Gasteiger partial charge in [0, 0.05) is 19.8 Å². The number of carboxylic acids is 1. The average molecular weight is 516 g/mol. The van der Waals surface area contributed by atoms with Crippen molar-refractivity contribution in [2.45, 2.75) is 124 Å². The van der Waals surface area contributed by atoms with E-state index in [0.29, 0.717) is 17.3 Å². The maximum Gasteiger partial charge on any atom is 0.303 e. The van der Waals surface area contributed by atoms with Gasteiger partial charge in [0.1, 0.15) is 6.10 Å². The first kappa shape index (κ1) is 28.6. The summed E-state index contributed by atoms with van der Waals surface area (Å²) in [6.07, 6.45) is 18.4. The second kappa shape index (κ2) is 12.2. The minimum atomic E-state index is -0.680. The summed E-state index contributed by atoms with van der Waals surface area (Å²) in [5.41, 5.74) is 2.39. The number of carbonyl (C=O) groups is 2. The van der Waals surface area contributed by atoms with Gasteiger partial charge in [0.15, 0.2) is 0 Å². The van der Waals surface area contributed by atoms with Gasteiger partial charge in [0.2, 0.25) is 0 Å². The van der Waals surface area contributed by atoms with Gasteiger partial charge < -0.3 is 15.2 Å². The first-order chi connectivity index (χ1) is 17.6. The number of allylic oxidation sites excluding steroid dienone is 1. The monoisotopic (exact) mass is 515 g/mol. The number of carbonyl (C=O) groups excluding carboxylic acids is 1.